The van der Waals surface area contributed by atoms with Crippen molar-refractivity contribution < 1.29 is 75.7 Å². The van der Waals surface area contributed by atoms with Crippen molar-refractivity contribution in [2.24, 2.45) is 5.41 Å². The van der Waals surface area contributed by atoms with Crippen LogP contribution in [-0.4, -0.2) is 123 Å². The summed E-state index contributed by atoms with van der Waals surface area (Å²) < 4.78 is 62.0. The van der Waals surface area contributed by atoms with Gasteiger partial charge in [0.25, 0.3) is 0 Å². The van der Waals surface area contributed by atoms with Crippen molar-refractivity contribution in [2.75, 3.05) is 43.5 Å². The Bertz CT molecular complexity index is 1760. The molecule has 3 unspecified atom stereocenters. The van der Waals surface area contributed by atoms with Gasteiger partial charge < -0.3 is 50.9 Å². The molecule has 1 saturated heterocycles. The van der Waals surface area contributed by atoms with Gasteiger partial charge in [-0.1, -0.05) is 25.5 Å². The minimum Gasteiger partial charge on any atom is -0.386 e. The number of carbonyl (C=O) groups excluding carboxylic acids is 2. The van der Waals surface area contributed by atoms with Gasteiger partial charge in [-0.05, 0) is 13.8 Å². The van der Waals surface area contributed by atoms with E-state index in [-0.39, 0.29) is 35.9 Å². The van der Waals surface area contributed by atoms with Crippen molar-refractivity contribution in [3.05, 3.63) is 24.3 Å². The normalized spacial score (nSPS) is 22.2. The minimum absolute atomic E-state index is 0.0350. The van der Waals surface area contributed by atoms with Crippen molar-refractivity contribution in [1.82, 2.24) is 30.2 Å². The summed E-state index contributed by atoms with van der Waals surface area (Å²) in [6.45, 7) is 4.85. The molecule has 0 spiro atoms. The molecule has 3 rings (SSSR count). The van der Waals surface area contributed by atoms with Crippen molar-refractivity contribution >= 4 is 64.0 Å². The van der Waals surface area contributed by atoms with Crippen LogP contribution in [0.2, 0.25) is 0 Å². The third-order valence-electron chi connectivity index (χ3n) is 7.26. The molecule has 1 aliphatic heterocycles. The number of aromatic nitrogens is 4. The molecule has 53 heavy (non-hydrogen) atoms. The lowest BCUT2D eigenvalue weighted by atomic mass is 9.87. The number of amides is 2. The van der Waals surface area contributed by atoms with Gasteiger partial charge in [-0.3, -0.25) is 27.7 Å². The maximum absolute atomic E-state index is 12.6. The van der Waals surface area contributed by atoms with Gasteiger partial charge >= 0.3 is 23.5 Å². The number of phosphoric acid groups is 3. The Labute approximate surface area is 307 Å². The molecule has 3 heterocycles. The van der Waals surface area contributed by atoms with E-state index in [1.54, 1.807) is 11.8 Å². The number of ether oxygens (including phenoxy) is 1. The molecule has 1 aliphatic rings. The Hall–Kier alpha value is -2.37. The average molecular weight is 836 g/mol. The Kier molecular flexibility index (Phi) is 16.1. The van der Waals surface area contributed by atoms with Gasteiger partial charge in [-0.15, -0.1) is 0 Å². The lowest BCUT2D eigenvalue weighted by Gasteiger charge is -2.30. The number of carbonyl (C=O) groups is 2. The topological polar surface area (TPSA) is 347 Å². The number of hydrogen-bond acceptors (Lipinski definition) is 17. The summed E-state index contributed by atoms with van der Waals surface area (Å²) in [5, 5.41) is 26.5. The fourth-order valence-corrected chi connectivity index (χ4v) is 8.20. The number of nitrogens with one attached hydrogen (secondary N) is 2. The highest BCUT2D eigenvalue weighted by molar-refractivity contribution is 7.99. The zero-order chi connectivity index (χ0) is 39.8. The van der Waals surface area contributed by atoms with Crippen LogP contribution in [0.5, 0.6) is 0 Å². The average Bonchev–Trinajstić information content (AvgIpc) is 3.60. The second-order valence-corrected chi connectivity index (χ2v) is 17.8. The second-order valence-electron chi connectivity index (χ2n) is 12.4. The molecular weight excluding hydrogens is 791 g/mol. The lowest BCUT2D eigenvalue weighted by Crippen LogP contribution is -2.46. The molecular formula is C26H44N7O16P3S. The number of nitrogens with zero attached hydrogens (tertiary/aromatic N) is 4. The van der Waals surface area contributed by atoms with Crippen LogP contribution in [0.25, 0.3) is 11.2 Å². The predicted octanol–water partition coefficient (Wildman–Crippen LogP) is 0.104. The quantitative estimate of drug-likeness (QED) is 0.0457. The molecule has 23 nitrogen and oxygen atoms in total. The first kappa shape index (κ1) is 45.0. The summed E-state index contributed by atoms with van der Waals surface area (Å²) in [6, 6.07) is 0. The zero-order valence-electron chi connectivity index (χ0n) is 29.0. The standard InChI is InChI=1S/C26H44N7O16P3S/c1-15(2)6-9-53-10-8-28-17(34)5-7-29-24(37)21(36)26(3,4)12-46-52(43,44)49-51(41,42)45-11-16-20(48-50(38,39)40)19(35)25(47-16)33-14-32-18-22(27)30-13-31-23(18)33/h6,13-14,16,19-21,25,35-36H,5,7-12H2,1-4H3,(H,28,34)(H,29,37)(H,41,42)(H,43,44)(H2,27,30,31)(H2,38,39,40)/t16-,19-,20-,21?,25-/m1/s1. The third-order valence-corrected chi connectivity index (χ3v) is 11.3. The van der Waals surface area contributed by atoms with Crippen molar-refractivity contribution in [3.8, 4) is 0 Å². The number of thioether (sulfide) groups is 1. The Morgan fingerprint density at radius 3 is 2.43 bits per heavy atom. The van der Waals surface area contributed by atoms with Gasteiger partial charge in [0.2, 0.25) is 11.8 Å². The van der Waals surface area contributed by atoms with Crippen molar-refractivity contribution in [2.45, 2.75) is 64.8 Å². The van der Waals surface area contributed by atoms with E-state index in [4.69, 9.17) is 19.5 Å². The van der Waals surface area contributed by atoms with E-state index in [2.05, 4.69) is 40.5 Å². The zero-order valence-corrected chi connectivity index (χ0v) is 32.5. The van der Waals surface area contributed by atoms with Crippen LogP contribution in [0.4, 0.5) is 5.82 Å². The highest BCUT2D eigenvalue weighted by atomic mass is 32.2. The van der Waals surface area contributed by atoms with E-state index >= 15 is 0 Å². The smallest absolute Gasteiger partial charge is 0.386 e. The van der Waals surface area contributed by atoms with E-state index in [9.17, 15) is 53.1 Å². The van der Waals surface area contributed by atoms with E-state index in [1.807, 2.05) is 13.8 Å². The molecule has 7 atom stereocenters. The molecule has 300 valence electrons. The van der Waals surface area contributed by atoms with Gasteiger partial charge in [0.05, 0.1) is 19.5 Å². The Morgan fingerprint density at radius 1 is 1.09 bits per heavy atom. The monoisotopic (exact) mass is 835 g/mol. The van der Waals surface area contributed by atoms with Gasteiger partial charge in [0, 0.05) is 36.4 Å². The summed E-state index contributed by atoms with van der Waals surface area (Å²) in [5.41, 5.74) is 5.51. The van der Waals surface area contributed by atoms with E-state index < -0.39 is 78.6 Å². The molecule has 2 aromatic heterocycles. The van der Waals surface area contributed by atoms with Crippen LogP contribution in [0.15, 0.2) is 24.3 Å². The van der Waals surface area contributed by atoms with E-state index in [1.165, 1.54) is 19.4 Å². The minimum atomic E-state index is -5.55. The summed E-state index contributed by atoms with van der Waals surface area (Å²) in [4.78, 5) is 75.4. The summed E-state index contributed by atoms with van der Waals surface area (Å²) >= 11 is 1.64. The number of aliphatic hydroxyl groups is 2. The molecule has 27 heteroatoms. The van der Waals surface area contributed by atoms with Gasteiger partial charge in [-0.25, -0.2) is 28.6 Å². The molecule has 2 amide bonds. The molecule has 0 aliphatic carbocycles. The van der Waals surface area contributed by atoms with Crippen LogP contribution >= 0.6 is 35.2 Å². The fourth-order valence-electron chi connectivity index (χ4n) is 4.51. The van der Waals surface area contributed by atoms with Gasteiger partial charge in [-0.2, -0.15) is 16.1 Å². The molecule has 0 aromatic carbocycles. The summed E-state index contributed by atoms with van der Waals surface area (Å²) in [5.74, 6) is 0.215. The number of hydrogen-bond donors (Lipinski definition) is 9. The van der Waals surface area contributed by atoms with E-state index in [0.717, 1.165) is 23.0 Å². The molecule has 0 saturated carbocycles. The number of nitrogen functional groups attached to an aromatic ring is 1. The second kappa shape index (κ2) is 19.0. The molecule has 10 N–H and O–H groups in total. The number of phosphoric ester groups is 3. The first-order valence-corrected chi connectivity index (χ1v) is 21.3. The highest BCUT2D eigenvalue weighted by Crippen LogP contribution is 2.61. The van der Waals surface area contributed by atoms with Gasteiger partial charge in [0.1, 0.15) is 36.3 Å². The number of anilines is 1. The first-order chi connectivity index (χ1) is 24.5. The van der Waals surface area contributed by atoms with Crippen LogP contribution < -0.4 is 16.4 Å². The SMILES string of the molecule is CC(C)=CCSCCNC(=O)CCNC(=O)C(O)C(C)(C)COP(=O)(O)OP(=O)(O)OC[C@H]1O[C@@H](n2cnc3c(N)ncnc32)[C@H](O)[C@@H]1OP(=O)(O)O. The first-order valence-electron chi connectivity index (χ1n) is 15.6. The molecule has 0 bridgehead atoms. The Balaban J connectivity index is 1.52. The number of aliphatic hydroxyl groups excluding tert-OH is 2. The maximum Gasteiger partial charge on any atom is 0.481 e. The molecule has 1 fully saturated rings. The van der Waals surface area contributed by atoms with Gasteiger partial charge in [0.15, 0.2) is 17.7 Å². The number of imidazole rings is 1. The number of allylic oxidation sites excluding steroid dienone is 1. The summed E-state index contributed by atoms with van der Waals surface area (Å²) in [6.07, 6.45) is -4.66. The van der Waals surface area contributed by atoms with Crippen LogP contribution in [-0.2, 0) is 45.9 Å². The molecule has 0 radical (unpaired) electrons. The largest absolute Gasteiger partial charge is 0.481 e. The summed E-state index contributed by atoms with van der Waals surface area (Å²) in [7, 11) is -16.3. The van der Waals surface area contributed by atoms with Crippen LogP contribution in [0.3, 0.4) is 0 Å². The third kappa shape index (κ3) is 14.0. The van der Waals surface area contributed by atoms with Crippen molar-refractivity contribution in [1.29, 1.82) is 0 Å². The number of rotatable bonds is 21. The maximum atomic E-state index is 12.6. The van der Waals surface area contributed by atoms with Crippen LogP contribution in [0.1, 0.15) is 40.3 Å². The molecule has 2 aromatic rings. The van der Waals surface area contributed by atoms with Crippen molar-refractivity contribution in [3.63, 3.8) is 0 Å². The number of fused-ring (bicyclic) bond motifs is 1. The predicted molar refractivity (Wildman–Crippen MR) is 186 cm³/mol. The number of nitrogens with two attached hydrogens (primary N) is 1. The van der Waals surface area contributed by atoms with Crippen LogP contribution in [0, 0.1) is 5.41 Å². The highest BCUT2D eigenvalue weighted by Gasteiger charge is 2.50. The lowest BCUT2D eigenvalue weighted by molar-refractivity contribution is -0.137. The van der Waals surface area contributed by atoms with E-state index in [0.29, 0.717) is 12.3 Å². The fraction of sp³-hybridized carbons (Fsp3) is 0.654. The Morgan fingerprint density at radius 2 is 1.77 bits per heavy atom.